The van der Waals surface area contributed by atoms with E-state index in [0.717, 1.165) is 4.48 Å². The molecule has 0 N–H and O–H groups in total. The maximum Gasteiger partial charge on any atom is 0.0675 e. The van der Waals surface area contributed by atoms with Crippen molar-refractivity contribution in [2.75, 3.05) is 28.2 Å². The molecule has 0 amide bonds. The van der Waals surface area contributed by atoms with Crippen molar-refractivity contribution < 1.29 is 4.48 Å². The fraction of sp³-hybridized carbons (Fsp3) is 1.00. The van der Waals surface area contributed by atoms with E-state index in [1.807, 2.05) is 0 Å². The molecule has 0 unspecified atom stereocenters. The van der Waals surface area contributed by atoms with E-state index in [-0.39, 0.29) is 0 Å². The molecule has 0 aliphatic heterocycles. The largest absolute Gasteiger partial charge is 0.333 e. The summed E-state index contributed by atoms with van der Waals surface area (Å²) in [6.45, 7) is 0. The molecule has 7 heavy (non-hydrogen) atoms. The van der Waals surface area contributed by atoms with Gasteiger partial charge >= 0.3 is 0 Å². The number of rotatable bonds is 0. The Morgan fingerprint density at radius 3 is 0.857 bits per heavy atom. The summed E-state index contributed by atoms with van der Waals surface area (Å²) in [6, 6.07) is 0. The summed E-state index contributed by atoms with van der Waals surface area (Å²) in [5.41, 5.74) is 0. The lowest BCUT2D eigenvalue weighted by Gasteiger charge is -2.14. The van der Waals surface area contributed by atoms with Crippen LogP contribution in [-0.2, 0) is 0 Å². The van der Waals surface area contributed by atoms with Crippen LogP contribution in [0.2, 0.25) is 0 Å². The van der Waals surface area contributed by atoms with E-state index in [1.54, 1.807) is 0 Å². The van der Waals surface area contributed by atoms with Gasteiger partial charge in [0.1, 0.15) is 0 Å². The van der Waals surface area contributed by atoms with Gasteiger partial charge in [-0.05, 0) is 0 Å². The average Bonchev–Trinajstić information content (AvgIpc) is 1.36. The Bertz CT molecular complexity index is 33.4. The van der Waals surface area contributed by atoms with Gasteiger partial charge in [-0.25, -0.2) is 0 Å². The standard InChI is InChI=1S/C4H12N.O2/c1-5(2,3)4;1-2/h1-4H3;/q+1;. The molecule has 0 aromatic rings. The van der Waals surface area contributed by atoms with Crippen LogP contribution in [0.25, 0.3) is 0 Å². The first-order valence-corrected chi connectivity index (χ1v) is 1.96. The third-order valence-corrected chi connectivity index (χ3v) is 0. The highest BCUT2D eigenvalue weighted by Crippen LogP contribution is 1.73. The average molecular weight is 106 g/mol. The van der Waals surface area contributed by atoms with E-state index in [9.17, 15) is 0 Å². The molecule has 0 aromatic heterocycles. The van der Waals surface area contributed by atoms with Crippen molar-refractivity contribution in [1.29, 1.82) is 0 Å². The van der Waals surface area contributed by atoms with Crippen LogP contribution in [0.5, 0.6) is 0 Å². The molecule has 44 valence electrons. The molecular formula is C4H12NO2+. The minimum absolute atomic E-state index is 1.00. The Balaban J connectivity index is 0. The summed E-state index contributed by atoms with van der Waals surface area (Å²) >= 11 is 0. The highest BCUT2D eigenvalue weighted by Gasteiger charge is 1.88. The second-order valence-corrected chi connectivity index (χ2v) is 2.68. The number of nitrogens with zero attached hydrogens (tertiary/aromatic N) is 1. The van der Waals surface area contributed by atoms with Gasteiger partial charge in [-0.1, -0.05) is 0 Å². The molecule has 3 nitrogen and oxygen atoms in total. The molecule has 0 rings (SSSR count). The second kappa shape index (κ2) is 3.74. The molecule has 3 heteroatoms. The molecule has 0 aromatic carbocycles. The summed E-state index contributed by atoms with van der Waals surface area (Å²) in [5.74, 6) is 0. The third kappa shape index (κ3) is 364. The first-order valence-electron chi connectivity index (χ1n) is 1.96. The van der Waals surface area contributed by atoms with Crippen LogP contribution < -0.4 is 0 Å². The van der Waals surface area contributed by atoms with E-state index < -0.39 is 0 Å². The van der Waals surface area contributed by atoms with Gasteiger partial charge in [0.2, 0.25) is 0 Å². The van der Waals surface area contributed by atoms with Gasteiger partial charge in [0.15, 0.2) is 0 Å². The molecule has 0 aliphatic carbocycles. The van der Waals surface area contributed by atoms with Crippen molar-refractivity contribution in [3.8, 4) is 0 Å². The summed E-state index contributed by atoms with van der Waals surface area (Å²) in [4.78, 5) is 14.0. The van der Waals surface area contributed by atoms with E-state index in [0.29, 0.717) is 0 Å². The maximum atomic E-state index is 7.00. The smallest absolute Gasteiger partial charge is 0.0675 e. The molecule has 0 atom stereocenters. The zero-order chi connectivity index (χ0) is 6.50. The number of hydrogen-bond donors (Lipinski definition) is 0. The van der Waals surface area contributed by atoms with E-state index in [4.69, 9.17) is 9.93 Å². The molecule has 0 spiro atoms. The van der Waals surface area contributed by atoms with Crippen molar-refractivity contribution in [1.82, 2.24) is 0 Å². The monoisotopic (exact) mass is 106 g/mol. The molecule has 0 heterocycles. The first kappa shape index (κ1) is 9.75. The lowest BCUT2D eigenvalue weighted by atomic mass is 10.8. The minimum Gasteiger partial charge on any atom is -0.333 e. The topological polar surface area (TPSA) is 34.1 Å². The first-order chi connectivity index (χ1) is 3.00. The van der Waals surface area contributed by atoms with Gasteiger partial charge in [0, 0.05) is 9.93 Å². The third-order valence-electron chi connectivity index (χ3n) is 0. The summed E-state index contributed by atoms with van der Waals surface area (Å²) < 4.78 is 1.00. The van der Waals surface area contributed by atoms with E-state index in [2.05, 4.69) is 28.2 Å². The summed E-state index contributed by atoms with van der Waals surface area (Å²) in [6.07, 6.45) is 0. The molecule has 0 radical (unpaired) electrons. The van der Waals surface area contributed by atoms with E-state index >= 15 is 0 Å². The molecule has 0 aliphatic rings. The van der Waals surface area contributed by atoms with Gasteiger partial charge in [0.05, 0.1) is 28.2 Å². The lowest BCUT2D eigenvalue weighted by molar-refractivity contribution is -0.849. The van der Waals surface area contributed by atoms with Crippen molar-refractivity contribution in [2.45, 2.75) is 0 Å². The highest BCUT2D eigenvalue weighted by atomic mass is 16.7. The zero-order valence-electron chi connectivity index (χ0n) is 5.26. The molecular weight excluding hydrogens is 94.0 g/mol. The Morgan fingerprint density at radius 2 is 0.857 bits per heavy atom. The SMILES string of the molecule is C[N+](C)(C)C.O=O. The molecule has 0 bridgehead atoms. The van der Waals surface area contributed by atoms with Gasteiger partial charge in [-0.3, -0.25) is 0 Å². The predicted molar refractivity (Wildman–Crippen MR) is 30.7 cm³/mol. The van der Waals surface area contributed by atoms with Crippen LogP contribution in [0.3, 0.4) is 0 Å². The van der Waals surface area contributed by atoms with Crippen molar-refractivity contribution in [3.05, 3.63) is 9.93 Å². The van der Waals surface area contributed by atoms with Crippen LogP contribution in [0.15, 0.2) is 0 Å². The summed E-state index contributed by atoms with van der Waals surface area (Å²) in [5, 5.41) is 0. The van der Waals surface area contributed by atoms with Crippen LogP contribution in [0, 0.1) is 9.93 Å². The normalized spacial score (nSPS) is 9.14. The number of quaternary nitrogens is 1. The molecule has 0 saturated carbocycles. The second-order valence-electron chi connectivity index (χ2n) is 2.68. The Morgan fingerprint density at radius 1 is 0.857 bits per heavy atom. The molecule has 0 fully saturated rings. The van der Waals surface area contributed by atoms with Crippen LogP contribution in [0.1, 0.15) is 0 Å². The fourth-order valence-electron chi connectivity index (χ4n) is 0. The summed E-state index contributed by atoms with van der Waals surface area (Å²) in [7, 11) is 8.50. The van der Waals surface area contributed by atoms with Crippen LogP contribution in [0.4, 0.5) is 0 Å². The maximum absolute atomic E-state index is 7.00. The van der Waals surface area contributed by atoms with Crippen molar-refractivity contribution >= 4 is 0 Å². The Hall–Kier alpha value is -0.440. The van der Waals surface area contributed by atoms with Gasteiger partial charge in [-0.2, -0.15) is 0 Å². The van der Waals surface area contributed by atoms with E-state index in [1.165, 1.54) is 0 Å². The Kier molecular flexibility index (Phi) is 5.21. The van der Waals surface area contributed by atoms with Crippen molar-refractivity contribution in [2.24, 2.45) is 0 Å². The molecule has 0 saturated heterocycles. The zero-order valence-corrected chi connectivity index (χ0v) is 5.26. The quantitative estimate of drug-likeness (QED) is 0.418. The van der Waals surface area contributed by atoms with Crippen molar-refractivity contribution in [3.63, 3.8) is 0 Å². The minimum atomic E-state index is 1.00. The van der Waals surface area contributed by atoms with Gasteiger partial charge < -0.3 is 4.48 Å². The predicted octanol–water partition coefficient (Wildman–Crippen LogP) is 0.389. The van der Waals surface area contributed by atoms with Gasteiger partial charge in [-0.15, -0.1) is 0 Å². The number of hydrogen-bond acceptors (Lipinski definition) is 2. The highest BCUT2D eigenvalue weighted by molar-refractivity contribution is 4.07. The Labute approximate surface area is 43.7 Å². The lowest BCUT2D eigenvalue weighted by Crippen LogP contribution is -2.27. The fourth-order valence-corrected chi connectivity index (χ4v) is 0. The van der Waals surface area contributed by atoms with Crippen LogP contribution >= 0.6 is 0 Å². The van der Waals surface area contributed by atoms with Gasteiger partial charge in [0.25, 0.3) is 0 Å². The van der Waals surface area contributed by atoms with Crippen LogP contribution in [-0.4, -0.2) is 32.7 Å².